The standard InChI is InChI=1S/C21H25ClN2O5S/c1-3-29-20(28)15-14-10-11(2)21(30-14)16(15)19(27)24(8-9-25)17(21)18(26)23-13-7-5-4-6-12(13)22/h4-7,11,14-17,25H,3,8-10H2,1-2H3,(H,23,26)/t11?,14-,15+,16-,17?,21?/m0/s1. The summed E-state index contributed by atoms with van der Waals surface area (Å²) in [6.45, 7) is 3.78. The van der Waals surface area contributed by atoms with E-state index in [0.717, 1.165) is 6.42 Å². The summed E-state index contributed by atoms with van der Waals surface area (Å²) >= 11 is 7.78. The molecule has 0 saturated carbocycles. The molecule has 1 aromatic carbocycles. The number of ether oxygens (including phenoxy) is 1. The van der Waals surface area contributed by atoms with Crippen molar-refractivity contribution in [3.63, 3.8) is 0 Å². The molecule has 0 aromatic heterocycles. The van der Waals surface area contributed by atoms with E-state index >= 15 is 0 Å². The summed E-state index contributed by atoms with van der Waals surface area (Å²) in [6, 6.07) is 6.11. The van der Waals surface area contributed by atoms with Gasteiger partial charge in [0.2, 0.25) is 11.8 Å². The van der Waals surface area contributed by atoms with Gasteiger partial charge in [0.25, 0.3) is 0 Å². The van der Waals surface area contributed by atoms with E-state index < -0.39 is 22.6 Å². The van der Waals surface area contributed by atoms with E-state index in [1.807, 2.05) is 6.92 Å². The van der Waals surface area contributed by atoms with Crippen LogP contribution >= 0.6 is 23.4 Å². The van der Waals surface area contributed by atoms with Crippen LogP contribution in [0, 0.1) is 17.8 Å². The van der Waals surface area contributed by atoms with Gasteiger partial charge < -0.3 is 20.1 Å². The molecule has 0 aliphatic carbocycles. The Morgan fingerprint density at radius 1 is 1.40 bits per heavy atom. The Morgan fingerprint density at radius 3 is 2.80 bits per heavy atom. The first-order valence-corrected chi connectivity index (χ1v) is 11.4. The fourth-order valence-corrected chi connectivity index (χ4v) is 8.03. The summed E-state index contributed by atoms with van der Waals surface area (Å²) in [5.74, 6) is -2.14. The van der Waals surface area contributed by atoms with Crippen molar-refractivity contribution in [1.82, 2.24) is 4.90 Å². The lowest BCUT2D eigenvalue weighted by Gasteiger charge is -2.38. The average molecular weight is 453 g/mol. The monoisotopic (exact) mass is 452 g/mol. The van der Waals surface area contributed by atoms with Crippen LogP contribution in [-0.4, -0.2) is 63.6 Å². The SMILES string of the molecule is CCOC(=O)[C@@H]1[C@@H]2CC(C)C3(S2)C(C(=O)Nc2ccccc2Cl)N(CCO)C(=O)[C@H]13. The molecular formula is C21H25ClN2O5S. The Labute approximate surface area is 184 Å². The summed E-state index contributed by atoms with van der Waals surface area (Å²) in [5, 5.41) is 12.8. The van der Waals surface area contributed by atoms with Crippen molar-refractivity contribution in [2.75, 3.05) is 25.1 Å². The van der Waals surface area contributed by atoms with E-state index in [0.29, 0.717) is 10.7 Å². The number of carbonyl (C=O) groups is 3. The number of likely N-dealkylation sites (tertiary alicyclic amines) is 1. The van der Waals surface area contributed by atoms with Gasteiger partial charge in [-0.3, -0.25) is 14.4 Å². The predicted octanol–water partition coefficient (Wildman–Crippen LogP) is 2.17. The van der Waals surface area contributed by atoms with Crippen LogP contribution in [0.2, 0.25) is 5.02 Å². The van der Waals surface area contributed by atoms with Crippen LogP contribution in [0.1, 0.15) is 20.3 Å². The second-order valence-electron chi connectivity index (χ2n) is 8.03. The van der Waals surface area contributed by atoms with Crippen LogP contribution in [-0.2, 0) is 19.1 Å². The van der Waals surface area contributed by atoms with Crippen LogP contribution in [0.3, 0.4) is 0 Å². The summed E-state index contributed by atoms with van der Waals surface area (Å²) in [6.07, 6.45) is 0.737. The average Bonchev–Trinajstić information content (AvgIpc) is 3.28. The first-order valence-electron chi connectivity index (χ1n) is 10.2. The van der Waals surface area contributed by atoms with Crippen molar-refractivity contribution in [3.05, 3.63) is 29.3 Å². The lowest BCUT2D eigenvalue weighted by atomic mass is 9.66. The van der Waals surface area contributed by atoms with Gasteiger partial charge in [0, 0.05) is 11.8 Å². The van der Waals surface area contributed by atoms with E-state index in [4.69, 9.17) is 16.3 Å². The van der Waals surface area contributed by atoms with Gasteiger partial charge in [-0.2, -0.15) is 0 Å². The number of thioether (sulfide) groups is 1. The number of carbonyl (C=O) groups excluding carboxylic acids is 3. The van der Waals surface area contributed by atoms with Crippen LogP contribution in [0.15, 0.2) is 24.3 Å². The lowest BCUT2D eigenvalue weighted by molar-refractivity contribution is -0.154. The number of benzene rings is 1. The van der Waals surface area contributed by atoms with Crippen LogP contribution in [0.25, 0.3) is 0 Å². The number of fused-ring (bicyclic) bond motifs is 1. The molecular weight excluding hydrogens is 428 g/mol. The third-order valence-corrected chi connectivity index (χ3v) is 8.93. The summed E-state index contributed by atoms with van der Waals surface area (Å²) in [7, 11) is 0. The molecule has 3 unspecified atom stereocenters. The molecule has 2 amide bonds. The number of anilines is 1. The number of esters is 1. The predicted molar refractivity (Wildman–Crippen MR) is 114 cm³/mol. The highest BCUT2D eigenvalue weighted by Crippen LogP contribution is 2.68. The second kappa shape index (κ2) is 8.05. The minimum atomic E-state index is -0.803. The number of rotatable bonds is 6. The topological polar surface area (TPSA) is 95.9 Å². The molecule has 3 heterocycles. The number of hydrogen-bond donors (Lipinski definition) is 2. The molecule has 3 aliphatic rings. The fourth-order valence-electron chi connectivity index (χ4n) is 5.44. The van der Waals surface area contributed by atoms with E-state index in [2.05, 4.69) is 5.32 Å². The van der Waals surface area contributed by atoms with Crippen molar-refractivity contribution in [2.24, 2.45) is 17.8 Å². The zero-order chi connectivity index (χ0) is 21.6. The normalized spacial score (nSPS) is 34.2. The van der Waals surface area contributed by atoms with Gasteiger partial charge in [-0.15, -0.1) is 11.8 Å². The molecule has 7 nitrogen and oxygen atoms in total. The molecule has 6 atom stereocenters. The van der Waals surface area contributed by atoms with Gasteiger partial charge in [0.1, 0.15) is 6.04 Å². The van der Waals surface area contributed by atoms with Gasteiger partial charge in [-0.05, 0) is 31.4 Å². The Hall–Kier alpha value is -1.77. The molecule has 1 spiro atoms. The molecule has 3 saturated heterocycles. The van der Waals surface area contributed by atoms with Crippen LogP contribution < -0.4 is 5.32 Å². The maximum absolute atomic E-state index is 13.5. The van der Waals surface area contributed by atoms with Crippen molar-refractivity contribution in [3.8, 4) is 0 Å². The minimum absolute atomic E-state index is 0.0329. The molecule has 1 aromatic rings. The highest BCUT2D eigenvalue weighted by atomic mass is 35.5. The number of nitrogens with zero attached hydrogens (tertiary/aromatic N) is 1. The molecule has 0 radical (unpaired) electrons. The number of aliphatic hydroxyl groups excluding tert-OH is 1. The zero-order valence-corrected chi connectivity index (χ0v) is 18.4. The number of β-amino-alcohol motifs (C(OH)–C–C–N with tert-alkyl or cyclic N) is 1. The number of hydrogen-bond acceptors (Lipinski definition) is 6. The molecule has 2 N–H and O–H groups in total. The minimum Gasteiger partial charge on any atom is -0.466 e. The molecule has 4 rings (SSSR count). The molecule has 3 aliphatic heterocycles. The van der Waals surface area contributed by atoms with E-state index in [-0.39, 0.29) is 48.7 Å². The quantitative estimate of drug-likeness (QED) is 0.642. The van der Waals surface area contributed by atoms with Gasteiger partial charge in [0.15, 0.2) is 0 Å². The van der Waals surface area contributed by atoms with E-state index in [1.165, 1.54) is 4.90 Å². The van der Waals surface area contributed by atoms with Crippen LogP contribution in [0.4, 0.5) is 5.69 Å². The van der Waals surface area contributed by atoms with Gasteiger partial charge in [-0.1, -0.05) is 30.7 Å². The summed E-state index contributed by atoms with van der Waals surface area (Å²) in [5.41, 5.74) is 0.465. The molecule has 162 valence electrons. The third-order valence-electron chi connectivity index (χ3n) is 6.53. The summed E-state index contributed by atoms with van der Waals surface area (Å²) < 4.78 is 4.54. The first-order chi connectivity index (χ1) is 14.4. The van der Waals surface area contributed by atoms with Crippen molar-refractivity contribution < 1.29 is 24.2 Å². The molecule has 30 heavy (non-hydrogen) atoms. The Kier molecular flexibility index (Phi) is 5.76. The van der Waals surface area contributed by atoms with Crippen molar-refractivity contribution >= 4 is 46.8 Å². The highest BCUT2D eigenvalue weighted by molar-refractivity contribution is 8.02. The van der Waals surface area contributed by atoms with Crippen LogP contribution in [0.5, 0.6) is 0 Å². The molecule has 3 fully saturated rings. The number of aliphatic hydroxyl groups is 1. The third kappa shape index (κ3) is 3.03. The van der Waals surface area contributed by atoms with Crippen molar-refractivity contribution in [2.45, 2.75) is 36.3 Å². The Morgan fingerprint density at radius 2 is 2.13 bits per heavy atom. The molecule has 9 heteroatoms. The zero-order valence-electron chi connectivity index (χ0n) is 16.8. The smallest absolute Gasteiger partial charge is 0.310 e. The van der Waals surface area contributed by atoms with Gasteiger partial charge in [-0.25, -0.2) is 0 Å². The highest BCUT2D eigenvalue weighted by Gasteiger charge is 2.76. The number of para-hydroxylation sites is 1. The number of halogens is 1. The lowest BCUT2D eigenvalue weighted by Crippen LogP contribution is -2.55. The van der Waals surface area contributed by atoms with Crippen molar-refractivity contribution in [1.29, 1.82) is 0 Å². The fraction of sp³-hybridized carbons (Fsp3) is 0.571. The first kappa shape index (κ1) is 21.5. The Balaban J connectivity index is 1.73. The van der Waals surface area contributed by atoms with Gasteiger partial charge >= 0.3 is 5.97 Å². The van der Waals surface area contributed by atoms with E-state index in [9.17, 15) is 19.5 Å². The largest absolute Gasteiger partial charge is 0.466 e. The maximum Gasteiger partial charge on any atom is 0.310 e. The number of nitrogens with one attached hydrogen (secondary N) is 1. The van der Waals surface area contributed by atoms with Gasteiger partial charge in [0.05, 0.1) is 40.5 Å². The number of amides is 2. The maximum atomic E-state index is 13.5. The molecule has 2 bridgehead atoms. The Bertz CT molecular complexity index is 883. The van der Waals surface area contributed by atoms with E-state index in [1.54, 1.807) is 43.0 Å². The second-order valence-corrected chi connectivity index (χ2v) is 9.98. The summed E-state index contributed by atoms with van der Waals surface area (Å²) in [4.78, 5) is 41.1.